The summed E-state index contributed by atoms with van der Waals surface area (Å²) in [6, 6.07) is 7.80. The SMILES string of the molecule is C=C[C@H](O)CCCOCc1ccc(OC)cc1. The van der Waals surface area contributed by atoms with Crippen molar-refractivity contribution in [2.24, 2.45) is 0 Å². The molecule has 0 aliphatic carbocycles. The average Bonchev–Trinajstić information content (AvgIpc) is 2.38. The van der Waals surface area contributed by atoms with Crippen LogP contribution in [0.3, 0.4) is 0 Å². The number of methoxy groups -OCH3 is 1. The van der Waals surface area contributed by atoms with Gasteiger partial charge in [-0.2, -0.15) is 0 Å². The van der Waals surface area contributed by atoms with Gasteiger partial charge in [0.15, 0.2) is 0 Å². The fourth-order valence-corrected chi connectivity index (χ4v) is 1.42. The highest BCUT2D eigenvalue weighted by Gasteiger charge is 1.98. The van der Waals surface area contributed by atoms with Gasteiger partial charge in [-0.15, -0.1) is 6.58 Å². The van der Waals surface area contributed by atoms with Crippen molar-refractivity contribution >= 4 is 0 Å². The molecule has 0 saturated heterocycles. The van der Waals surface area contributed by atoms with Gasteiger partial charge in [-0.25, -0.2) is 0 Å². The summed E-state index contributed by atoms with van der Waals surface area (Å²) in [5.74, 6) is 0.850. The van der Waals surface area contributed by atoms with Crippen molar-refractivity contribution in [1.82, 2.24) is 0 Å². The third-order valence-electron chi connectivity index (χ3n) is 2.49. The zero-order valence-electron chi connectivity index (χ0n) is 10.3. The summed E-state index contributed by atoms with van der Waals surface area (Å²) in [5.41, 5.74) is 1.12. The highest BCUT2D eigenvalue weighted by atomic mass is 16.5. The van der Waals surface area contributed by atoms with E-state index >= 15 is 0 Å². The molecule has 0 aliphatic heterocycles. The lowest BCUT2D eigenvalue weighted by molar-refractivity contribution is 0.106. The number of hydrogen-bond donors (Lipinski definition) is 1. The van der Waals surface area contributed by atoms with Crippen LogP contribution in [0.25, 0.3) is 0 Å². The molecule has 0 amide bonds. The summed E-state index contributed by atoms with van der Waals surface area (Å²) in [7, 11) is 1.65. The standard InChI is InChI=1S/C14H20O3/c1-3-13(15)5-4-10-17-11-12-6-8-14(16-2)9-7-12/h3,6-9,13,15H,1,4-5,10-11H2,2H3/t13-/m0/s1. The minimum absolute atomic E-state index is 0.417. The van der Waals surface area contributed by atoms with E-state index in [1.807, 2.05) is 24.3 Å². The molecule has 0 bridgehead atoms. The van der Waals surface area contributed by atoms with Gasteiger partial charge in [-0.3, -0.25) is 0 Å². The Kier molecular flexibility index (Phi) is 6.37. The molecule has 3 nitrogen and oxygen atoms in total. The van der Waals surface area contributed by atoms with Gasteiger partial charge in [0.05, 0.1) is 19.8 Å². The maximum Gasteiger partial charge on any atom is 0.118 e. The molecule has 0 aliphatic rings. The smallest absolute Gasteiger partial charge is 0.118 e. The molecular weight excluding hydrogens is 216 g/mol. The molecule has 0 unspecified atom stereocenters. The first-order valence-corrected chi connectivity index (χ1v) is 5.77. The van der Waals surface area contributed by atoms with Crippen LogP contribution in [0.4, 0.5) is 0 Å². The number of rotatable bonds is 8. The predicted molar refractivity (Wildman–Crippen MR) is 68.1 cm³/mol. The van der Waals surface area contributed by atoms with Crippen LogP contribution < -0.4 is 4.74 Å². The van der Waals surface area contributed by atoms with Crippen LogP contribution in [0.15, 0.2) is 36.9 Å². The molecule has 1 aromatic rings. The Labute approximate surface area is 103 Å². The van der Waals surface area contributed by atoms with E-state index in [2.05, 4.69) is 6.58 Å². The lowest BCUT2D eigenvalue weighted by Gasteiger charge is -2.07. The summed E-state index contributed by atoms with van der Waals surface area (Å²) in [6.07, 6.45) is 2.67. The third-order valence-corrected chi connectivity index (χ3v) is 2.49. The van der Waals surface area contributed by atoms with Gasteiger partial charge in [-0.1, -0.05) is 18.2 Å². The maximum atomic E-state index is 9.24. The van der Waals surface area contributed by atoms with E-state index in [-0.39, 0.29) is 0 Å². The van der Waals surface area contributed by atoms with E-state index in [4.69, 9.17) is 9.47 Å². The number of aliphatic hydroxyl groups excluding tert-OH is 1. The van der Waals surface area contributed by atoms with Crippen molar-refractivity contribution in [1.29, 1.82) is 0 Å². The second-order valence-electron chi connectivity index (χ2n) is 3.85. The van der Waals surface area contributed by atoms with Crippen LogP contribution in [-0.2, 0) is 11.3 Å². The van der Waals surface area contributed by atoms with Crippen molar-refractivity contribution in [3.63, 3.8) is 0 Å². The first-order chi connectivity index (χ1) is 8.26. The van der Waals surface area contributed by atoms with Gasteiger partial charge in [-0.05, 0) is 30.5 Å². The normalized spacial score (nSPS) is 12.1. The van der Waals surface area contributed by atoms with Gasteiger partial charge in [0.25, 0.3) is 0 Å². The van der Waals surface area contributed by atoms with Crippen LogP contribution in [0.5, 0.6) is 5.75 Å². The Morgan fingerprint density at radius 3 is 2.65 bits per heavy atom. The molecule has 0 aromatic heterocycles. The lowest BCUT2D eigenvalue weighted by atomic mass is 10.2. The van der Waals surface area contributed by atoms with Gasteiger partial charge in [0.1, 0.15) is 5.75 Å². The Bertz CT molecular complexity index is 319. The van der Waals surface area contributed by atoms with Crippen LogP contribution in [0, 0.1) is 0 Å². The molecule has 3 heteroatoms. The number of benzene rings is 1. The molecule has 17 heavy (non-hydrogen) atoms. The molecule has 0 saturated carbocycles. The van der Waals surface area contributed by atoms with E-state index in [0.717, 1.165) is 17.7 Å². The minimum Gasteiger partial charge on any atom is -0.497 e. The van der Waals surface area contributed by atoms with Crippen molar-refractivity contribution in [3.8, 4) is 5.75 Å². The van der Waals surface area contributed by atoms with Crippen molar-refractivity contribution in [3.05, 3.63) is 42.5 Å². The molecule has 0 radical (unpaired) electrons. The first kappa shape index (κ1) is 13.7. The van der Waals surface area contributed by atoms with Crippen LogP contribution in [-0.4, -0.2) is 24.9 Å². The molecule has 94 valence electrons. The highest BCUT2D eigenvalue weighted by Crippen LogP contribution is 2.12. The topological polar surface area (TPSA) is 38.7 Å². The van der Waals surface area contributed by atoms with Gasteiger partial charge in [0.2, 0.25) is 0 Å². The second-order valence-corrected chi connectivity index (χ2v) is 3.85. The van der Waals surface area contributed by atoms with E-state index in [9.17, 15) is 5.11 Å². The second kappa shape index (κ2) is 7.87. The monoisotopic (exact) mass is 236 g/mol. The van der Waals surface area contributed by atoms with Crippen LogP contribution in [0.1, 0.15) is 18.4 Å². The highest BCUT2D eigenvalue weighted by molar-refractivity contribution is 5.26. The minimum atomic E-state index is -0.417. The average molecular weight is 236 g/mol. The molecule has 0 heterocycles. The zero-order valence-corrected chi connectivity index (χ0v) is 10.3. The Balaban J connectivity index is 2.15. The van der Waals surface area contributed by atoms with E-state index in [1.165, 1.54) is 0 Å². The summed E-state index contributed by atoms with van der Waals surface area (Å²) in [6.45, 7) is 4.76. The van der Waals surface area contributed by atoms with E-state index < -0.39 is 6.10 Å². The van der Waals surface area contributed by atoms with E-state index in [0.29, 0.717) is 19.6 Å². The number of aliphatic hydroxyl groups is 1. The zero-order chi connectivity index (χ0) is 12.5. The van der Waals surface area contributed by atoms with Crippen molar-refractivity contribution in [2.45, 2.75) is 25.6 Å². The fourth-order valence-electron chi connectivity index (χ4n) is 1.42. The van der Waals surface area contributed by atoms with Gasteiger partial charge >= 0.3 is 0 Å². The molecule has 1 atom stereocenters. The van der Waals surface area contributed by atoms with Crippen LogP contribution in [0.2, 0.25) is 0 Å². The maximum absolute atomic E-state index is 9.24. The lowest BCUT2D eigenvalue weighted by Crippen LogP contribution is -2.04. The summed E-state index contributed by atoms with van der Waals surface area (Å²) < 4.78 is 10.6. The molecule has 0 spiro atoms. The predicted octanol–water partition coefficient (Wildman–Crippen LogP) is 2.54. The third kappa shape index (κ3) is 5.52. The van der Waals surface area contributed by atoms with Gasteiger partial charge < -0.3 is 14.6 Å². The van der Waals surface area contributed by atoms with Crippen LogP contribution >= 0.6 is 0 Å². The van der Waals surface area contributed by atoms with Crippen molar-refractivity contribution < 1.29 is 14.6 Å². The van der Waals surface area contributed by atoms with Crippen molar-refractivity contribution in [2.75, 3.05) is 13.7 Å². The number of hydrogen-bond acceptors (Lipinski definition) is 3. The largest absolute Gasteiger partial charge is 0.497 e. The van der Waals surface area contributed by atoms with Gasteiger partial charge in [0, 0.05) is 6.61 Å². The summed E-state index contributed by atoms with van der Waals surface area (Å²) in [4.78, 5) is 0. The Morgan fingerprint density at radius 1 is 1.35 bits per heavy atom. The number of ether oxygens (including phenoxy) is 2. The quantitative estimate of drug-likeness (QED) is 0.557. The Hall–Kier alpha value is -1.32. The molecule has 1 N–H and O–H groups in total. The first-order valence-electron chi connectivity index (χ1n) is 5.77. The molecule has 0 fully saturated rings. The summed E-state index contributed by atoms with van der Waals surface area (Å²) >= 11 is 0. The molecule has 1 rings (SSSR count). The fraction of sp³-hybridized carbons (Fsp3) is 0.429. The molecule has 1 aromatic carbocycles. The Morgan fingerprint density at radius 2 is 2.06 bits per heavy atom. The molecular formula is C14H20O3. The van der Waals surface area contributed by atoms with E-state index in [1.54, 1.807) is 13.2 Å². The summed E-state index contributed by atoms with van der Waals surface area (Å²) in [5, 5.41) is 9.24.